The molecule has 0 radical (unpaired) electrons. The quantitative estimate of drug-likeness (QED) is 0.504. The molecule has 4 heterocycles. The van der Waals surface area contributed by atoms with Crippen LogP contribution in [0.3, 0.4) is 0 Å². The largest absolute Gasteiger partial charge is 0.435 e. The fourth-order valence-electron chi connectivity index (χ4n) is 3.79. The second kappa shape index (κ2) is 6.00. The lowest BCUT2D eigenvalue weighted by atomic mass is 9.89. The number of thiophene rings is 1. The average molecular weight is 406 g/mol. The minimum Gasteiger partial charge on any atom is -0.262 e. The van der Waals surface area contributed by atoms with Crippen molar-refractivity contribution in [1.82, 2.24) is 29.4 Å². The highest BCUT2D eigenvalue weighted by Crippen LogP contribution is 2.38. The number of rotatable bonds is 2. The predicted molar refractivity (Wildman–Crippen MR) is 98.4 cm³/mol. The lowest BCUT2D eigenvalue weighted by molar-refractivity contribution is -0.141. The van der Waals surface area contributed by atoms with Crippen molar-refractivity contribution in [2.75, 3.05) is 0 Å². The van der Waals surface area contributed by atoms with Gasteiger partial charge in [-0.05, 0) is 43.7 Å². The van der Waals surface area contributed by atoms with E-state index in [0.717, 1.165) is 35.5 Å². The molecular weight excluding hydrogens is 389 g/mol. The minimum atomic E-state index is -4.47. The summed E-state index contributed by atoms with van der Waals surface area (Å²) in [6, 6.07) is 1.03. The molecule has 0 N–H and O–H groups in total. The van der Waals surface area contributed by atoms with Crippen LogP contribution >= 0.6 is 11.3 Å². The van der Waals surface area contributed by atoms with Crippen LogP contribution in [0.4, 0.5) is 13.2 Å². The van der Waals surface area contributed by atoms with E-state index in [9.17, 15) is 13.2 Å². The van der Waals surface area contributed by atoms with Gasteiger partial charge in [-0.1, -0.05) is 6.92 Å². The lowest BCUT2D eigenvalue weighted by Gasteiger charge is -2.17. The molecule has 0 fully saturated rings. The van der Waals surface area contributed by atoms with Crippen molar-refractivity contribution < 1.29 is 13.2 Å². The van der Waals surface area contributed by atoms with Gasteiger partial charge in [-0.25, -0.2) is 14.5 Å². The van der Waals surface area contributed by atoms with Crippen LogP contribution in [0, 0.1) is 12.8 Å². The van der Waals surface area contributed by atoms with Crippen molar-refractivity contribution in [1.29, 1.82) is 0 Å². The Balaban J connectivity index is 1.57. The summed E-state index contributed by atoms with van der Waals surface area (Å²) < 4.78 is 41.6. The molecule has 0 saturated heterocycles. The topological polar surface area (TPSA) is 60.9 Å². The summed E-state index contributed by atoms with van der Waals surface area (Å²) in [7, 11) is 0. The van der Waals surface area contributed by atoms with Gasteiger partial charge in [0.2, 0.25) is 0 Å². The zero-order chi connectivity index (χ0) is 19.6. The summed E-state index contributed by atoms with van der Waals surface area (Å²) in [6.07, 6.45) is 0.332. The molecule has 1 aliphatic carbocycles. The molecule has 10 heteroatoms. The average Bonchev–Trinajstić information content (AvgIpc) is 3.28. The van der Waals surface area contributed by atoms with E-state index in [4.69, 9.17) is 0 Å². The fraction of sp³-hybridized carbons (Fsp3) is 0.444. The number of nitrogens with zero attached hydrogens (tertiary/aromatic N) is 6. The molecule has 6 nitrogen and oxygen atoms in total. The number of hydrogen-bond donors (Lipinski definition) is 0. The summed E-state index contributed by atoms with van der Waals surface area (Å²) in [6.45, 7) is 3.93. The minimum absolute atomic E-state index is 0.0778. The summed E-state index contributed by atoms with van der Waals surface area (Å²) in [5, 5.41) is 9.11. The van der Waals surface area contributed by atoms with Crippen LogP contribution in [0.2, 0.25) is 0 Å². The molecule has 0 saturated carbocycles. The highest BCUT2D eigenvalue weighted by atomic mass is 32.1. The summed E-state index contributed by atoms with van der Waals surface area (Å²) in [5.41, 5.74) is 1.52. The van der Waals surface area contributed by atoms with E-state index in [0.29, 0.717) is 23.1 Å². The van der Waals surface area contributed by atoms with Crippen LogP contribution in [-0.2, 0) is 25.6 Å². The Bertz CT molecular complexity index is 1200. The van der Waals surface area contributed by atoms with Crippen LogP contribution in [-0.4, -0.2) is 29.4 Å². The molecule has 0 aromatic carbocycles. The second-order valence-electron chi connectivity index (χ2n) is 7.40. The normalized spacial score (nSPS) is 17.5. The molecule has 28 heavy (non-hydrogen) atoms. The first-order chi connectivity index (χ1) is 13.3. The van der Waals surface area contributed by atoms with E-state index >= 15 is 0 Å². The third-order valence-electron chi connectivity index (χ3n) is 5.24. The van der Waals surface area contributed by atoms with Crippen LogP contribution in [0.1, 0.15) is 41.0 Å². The number of fused-ring (bicyclic) bond motifs is 5. The van der Waals surface area contributed by atoms with Gasteiger partial charge in [0.05, 0.1) is 5.39 Å². The van der Waals surface area contributed by atoms with Crippen molar-refractivity contribution in [3.63, 3.8) is 0 Å². The highest BCUT2D eigenvalue weighted by molar-refractivity contribution is 7.19. The lowest BCUT2D eigenvalue weighted by Crippen LogP contribution is -2.09. The van der Waals surface area contributed by atoms with E-state index in [1.165, 1.54) is 15.1 Å². The SMILES string of the molecule is Cc1cc(C(F)(F)F)nn1Cc1nc2c3c4c(sc3ncn2n1)C[C@H](C)CC4. The molecule has 0 amide bonds. The van der Waals surface area contributed by atoms with E-state index in [-0.39, 0.29) is 6.54 Å². The van der Waals surface area contributed by atoms with Gasteiger partial charge >= 0.3 is 6.18 Å². The first kappa shape index (κ1) is 17.6. The van der Waals surface area contributed by atoms with Crippen molar-refractivity contribution in [3.8, 4) is 0 Å². The van der Waals surface area contributed by atoms with Crippen LogP contribution in [0.15, 0.2) is 12.4 Å². The molecule has 4 aromatic rings. The summed E-state index contributed by atoms with van der Waals surface area (Å²) >= 11 is 1.71. The molecular formula is C18H17F3N6S. The van der Waals surface area contributed by atoms with Crippen LogP contribution < -0.4 is 0 Å². The van der Waals surface area contributed by atoms with Crippen LogP contribution in [0.5, 0.6) is 0 Å². The third kappa shape index (κ3) is 2.78. The van der Waals surface area contributed by atoms with Gasteiger partial charge in [0.1, 0.15) is 17.7 Å². The molecule has 146 valence electrons. The van der Waals surface area contributed by atoms with E-state index in [1.807, 2.05) is 0 Å². The van der Waals surface area contributed by atoms with Crippen LogP contribution in [0.25, 0.3) is 15.9 Å². The number of hydrogen-bond acceptors (Lipinski definition) is 5. The fourth-order valence-corrected chi connectivity index (χ4v) is 5.14. The predicted octanol–water partition coefficient (Wildman–Crippen LogP) is 4.04. The molecule has 5 rings (SSSR count). The maximum atomic E-state index is 12.9. The van der Waals surface area contributed by atoms with Gasteiger partial charge in [-0.3, -0.25) is 4.68 Å². The monoisotopic (exact) mass is 406 g/mol. The Morgan fingerprint density at radius 2 is 2.11 bits per heavy atom. The standard InChI is InChI=1S/C18H17F3N6S/c1-9-3-4-11-12(5-9)28-17-15(11)16-23-14(25-27(16)8-22-17)7-26-10(2)6-13(24-26)18(19,20)21/h6,8-9H,3-5,7H2,1-2H3/t9-/m1/s1. The van der Waals surface area contributed by atoms with Gasteiger partial charge < -0.3 is 0 Å². The molecule has 0 aliphatic heterocycles. The Morgan fingerprint density at radius 1 is 1.29 bits per heavy atom. The van der Waals surface area contributed by atoms with Crippen molar-refractivity contribution in [2.45, 2.75) is 45.8 Å². The van der Waals surface area contributed by atoms with Gasteiger partial charge in [0.25, 0.3) is 0 Å². The highest BCUT2D eigenvalue weighted by Gasteiger charge is 2.34. The Hall–Kier alpha value is -2.49. The Kier molecular flexibility index (Phi) is 3.77. The second-order valence-corrected chi connectivity index (χ2v) is 8.48. The molecule has 4 aromatic heterocycles. The maximum absolute atomic E-state index is 12.9. The first-order valence-electron chi connectivity index (χ1n) is 9.05. The van der Waals surface area contributed by atoms with Gasteiger partial charge in [-0.15, -0.1) is 16.4 Å². The smallest absolute Gasteiger partial charge is 0.262 e. The van der Waals surface area contributed by atoms with Crippen molar-refractivity contribution >= 4 is 27.2 Å². The first-order valence-corrected chi connectivity index (χ1v) is 9.87. The zero-order valence-corrected chi connectivity index (χ0v) is 16.1. The molecule has 0 unspecified atom stereocenters. The molecule has 0 spiro atoms. The maximum Gasteiger partial charge on any atom is 0.435 e. The van der Waals surface area contributed by atoms with Gasteiger partial charge in [0.15, 0.2) is 17.2 Å². The third-order valence-corrected chi connectivity index (χ3v) is 6.40. The number of alkyl halides is 3. The van der Waals surface area contributed by atoms with Gasteiger partial charge in [-0.2, -0.15) is 18.3 Å². The Labute approximate surface area is 162 Å². The Morgan fingerprint density at radius 3 is 2.86 bits per heavy atom. The number of aryl methyl sites for hydroxylation is 2. The van der Waals surface area contributed by atoms with Crippen molar-refractivity contribution in [3.05, 3.63) is 40.0 Å². The molecule has 1 aliphatic rings. The summed E-state index contributed by atoms with van der Waals surface area (Å²) in [4.78, 5) is 11.4. The summed E-state index contributed by atoms with van der Waals surface area (Å²) in [5.74, 6) is 1.08. The van der Waals surface area contributed by atoms with E-state index < -0.39 is 11.9 Å². The molecule has 1 atom stereocenters. The zero-order valence-electron chi connectivity index (χ0n) is 15.3. The van der Waals surface area contributed by atoms with E-state index in [2.05, 4.69) is 27.1 Å². The van der Waals surface area contributed by atoms with E-state index in [1.54, 1.807) is 29.1 Å². The number of halogens is 3. The molecule has 0 bridgehead atoms. The van der Waals surface area contributed by atoms with Crippen molar-refractivity contribution in [2.24, 2.45) is 5.92 Å². The van der Waals surface area contributed by atoms with Gasteiger partial charge in [0, 0.05) is 10.6 Å². The number of aromatic nitrogens is 6.